The van der Waals surface area contributed by atoms with E-state index in [1.807, 2.05) is 0 Å². The Hall–Kier alpha value is -2.31. The molecule has 6 nitrogen and oxygen atoms in total. The topological polar surface area (TPSA) is 101 Å². The zero-order valence-corrected chi connectivity index (χ0v) is 14.4. The molecule has 25 heavy (non-hydrogen) atoms. The number of carbonyl (C=O) groups excluding carboxylic acids is 3. The standard InChI is InChI=1S/C19H22O6/c1-4-12(10-20)14-15(11(2)21)19(3,24)17(16(14)22)25-18(23)13-8-6-5-7-9-13/h4-10,14-17,22,24H,1-3H3/b12-4-/t14-,15+,16+,17+,19-/m1/s1. The van der Waals surface area contributed by atoms with Crippen LogP contribution in [0.5, 0.6) is 0 Å². The molecule has 134 valence electrons. The van der Waals surface area contributed by atoms with Crippen molar-refractivity contribution in [3.8, 4) is 0 Å². The highest BCUT2D eigenvalue weighted by Crippen LogP contribution is 2.46. The maximum absolute atomic E-state index is 12.3. The largest absolute Gasteiger partial charge is 0.453 e. The van der Waals surface area contributed by atoms with Crippen LogP contribution in [0.3, 0.4) is 0 Å². The Bertz CT molecular complexity index is 691. The maximum Gasteiger partial charge on any atom is 0.338 e. The van der Waals surface area contributed by atoms with Gasteiger partial charge in [0.05, 0.1) is 11.5 Å². The van der Waals surface area contributed by atoms with Crippen molar-refractivity contribution in [1.29, 1.82) is 0 Å². The Morgan fingerprint density at radius 3 is 2.32 bits per heavy atom. The van der Waals surface area contributed by atoms with Crippen molar-refractivity contribution in [2.45, 2.75) is 38.6 Å². The normalized spacial score (nSPS) is 32.3. The third-order valence-electron chi connectivity index (χ3n) is 4.78. The fourth-order valence-corrected chi connectivity index (χ4v) is 3.61. The van der Waals surface area contributed by atoms with Gasteiger partial charge in [0.25, 0.3) is 0 Å². The van der Waals surface area contributed by atoms with Gasteiger partial charge in [0, 0.05) is 5.92 Å². The summed E-state index contributed by atoms with van der Waals surface area (Å²) in [6.07, 6.45) is -0.697. The minimum absolute atomic E-state index is 0.186. The van der Waals surface area contributed by atoms with Gasteiger partial charge >= 0.3 is 5.97 Å². The molecule has 1 aromatic rings. The van der Waals surface area contributed by atoms with E-state index in [1.165, 1.54) is 19.9 Å². The summed E-state index contributed by atoms with van der Waals surface area (Å²) in [5.41, 5.74) is -1.36. The van der Waals surface area contributed by atoms with Gasteiger partial charge in [0.1, 0.15) is 23.8 Å². The Balaban J connectivity index is 2.39. The Morgan fingerprint density at radius 1 is 1.24 bits per heavy atom. The van der Waals surface area contributed by atoms with Gasteiger partial charge < -0.3 is 14.9 Å². The third kappa shape index (κ3) is 3.41. The number of allylic oxidation sites excluding steroid dienone is 1. The molecule has 2 rings (SSSR count). The highest BCUT2D eigenvalue weighted by atomic mass is 16.6. The van der Waals surface area contributed by atoms with Crippen LogP contribution in [0.2, 0.25) is 0 Å². The second-order valence-corrected chi connectivity index (χ2v) is 6.43. The van der Waals surface area contributed by atoms with E-state index in [4.69, 9.17) is 4.74 Å². The molecule has 0 radical (unpaired) electrons. The highest BCUT2D eigenvalue weighted by molar-refractivity contribution is 5.90. The average molecular weight is 346 g/mol. The number of aliphatic hydroxyl groups is 2. The van der Waals surface area contributed by atoms with Gasteiger partial charge in [-0.25, -0.2) is 4.79 Å². The van der Waals surface area contributed by atoms with Gasteiger partial charge in [-0.1, -0.05) is 24.3 Å². The van der Waals surface area contributed by atoms with Crippen LogP contribution in [0.15, 0.2) is 42.0 Å². The van der Waals surface area contributed by atoms with Gasteiger partial charge in [0.15, 0.2) is 6.10 Å². The van der Waals surface area contributed by atoms with Crippen LogP contribution >= 0.6 is 0 Å². The van der Waals surface area contributed by atoms with Crippen LogP contribution in [0.25, 0.3) is 0 Å². The molecule has 5 atom stereocenters. The average Bonchev–Trinajstić information content (AvgIpc) is 2.77. The number of carbonyl (C=O) groups is 3. The minimum atomic E-state index is -1.81. The van der Waals surface area contributed by atoms with Crippen LogP contribution < -0.4 is 0 Å². The lowest BCUT2D eigenvalue weighted by atomic mass is 9.80. The van der Waals surface area contributed by atoms with Crippen molar-refractivity contribution in [3.63, 3.8) is 0 Å². The summed E-state index contributed by atoms with van der Waals surface area (Å²) in [5.74, 6) is -3.12. The summed E-state index contributed by atoms with van der Waals surface area (Å²) in [6, 6.07) is 8.14. The number of aliphatic hydroxyl groups excluding tert-OH is 1. The molecule has 0 aromatic heterocycles. The Morgan fingerprint density at radius 2 is 1.84 bits per heavy atom. The van der Waals surface area contributed by atoms with Gasteiger partial charge in [-0.2, -0.15) is 0 Å². The quantitative estimate of drug-likeness (QED) is 0.473. The first-order valence-corrected chi connectivity index (χ1v) is 8.04. The Labute approximate surface area is 146 Å². The monoisotopic (exact) mass is 346 g/mol. The molecule has 0 unspecified atom stereocenters. The van der Waals surface area contributed by atoms with Crippen molar-refractivity contribution in [1.82, 2.24) is 0 Å². The third-order valence-corrected chi connectivity index (χ3v) is 4.78. The minimum Gasteiger partial charge on any atom is -0.453 e. The predicted octanol–water partition coefficient (Wildman–Crippen LogP) is 1.30. The zero-order chi connectivity index (χ0) is 18.8. The van der Waals surface area contributed by atoms with Gasteiger partial charge in [-0.3, -0.25) is 9.59 Å². The fourth-order valence-electron chi connectivity index (χ4n) is 3.61. The number of hydrogen-bond acceptors (Lipinski definition) is 6. The summed E-state index contributed by atoms with van der Waals surface area (Å²) < 4.78 is 5.34. The van der Waals surface area contributed by atoms with E-state index in [-0.39, 0.29) is 11.1 Å². The number of aldehydes is 1. The molecule has 0 amide bonds. The lowest BCUT2D eigenvalue weighted by molar-refractivity contribution is -0.135. The van der Waals surface area contributed by atoms with E-state index in [1.54, 1.807) is 37.3 Å². The molecule has 0 bridgehead atoms. The van der Waals surface area contributed by atoms with Crippen LogP contribution in [0.1, 0.15) is 31.1 Å². The molecular formula is C19H22O6. The van der Waals surface area contributed by atoms with Crippen LogP contribution in [-0.4, -0.2) is 46.1 Å². The molecular weight excluding hydrogens is 324 g/mol. The summed E-state index contributed by atoms with van der Waals surface area (Å²) in [5, 5.41) is 21.5. The number of esters is 1. The van der Waals surface area contributed by atoms with E-state index in [2.05, 4.69) is 0 Å². The van der Waals surface area contributed by atoms with Crippen LogP contribution in [-0.2, 0) is 14.3 Å². The van der Waals surface area contributed by atoms with Crippen molar-refractivity contribution in [2.24, 2.45) is 11.8 Å². The Kier molecular flexibility index (Phi) is 5.55. The van der Waals surface area contributed by atoms with E-state index >= 15 is 0 Å². The van der Waals surface area contributed by atoms with Crippen molar-refractivity contribution in [2.75, 3.05) is 0 Å². The molecule has 1 fully saturated rings. The van der Waals surface area contributed by atoms with E-state index in [0.29, 0.717) is 6.29 Å². The molecule has 6 heteroatoms. The number of Topliss-reactive ketones (excluding diaryl/α,β-unsaturated/α-hetero) is 1. The number of rotatable bonds is 5. The molecule has 0 saturated heterocycles. The van der Waals surface area contributed by atoms with E-state index in [9.17, 15) is 24.6 Å². The first-order chi connectivity index (χ1) is 11.8. The lowest BCUT2D eigenvalue weighted by Gasteiger charge is -2.30. The molecule has 1 saturated carbocycles. The number of benzene rings is 1. The summed E-state index contributed by atoms with van der Waals surface area (Å²) >= 11 is 0. The first kappa shape index (κ1) is 19.0. The second kappa shape index (κ2) is 7.29. The second-order valence-electron chi connectivity index (χ2n) is 6.43. The molecule has 0 spiro atoms. The first-order valence-electron chi connectivity index (χ1n) is 8.04. The van der Waals surface area contributed by atoms with Crippen molar-refractivity contribution in [3.05, 3.63) is 47.5 Å². The number of hydrogen-bond donors (Lipinski definition) is 2. The lowest BCUT2D eigenvalue weighted by Crippen LogP contribution is -2.47. The predicted molar refractivity (Wildman–Crippen MR) is 89.8 cm³/mol. The number of ether oxygens (including phenoxy) is 1. The van der Waals surface area contributed by atoms with Gasteiger partial charge in [0.2, 0.25) is 0 Å². The van der Waals surface area contributed by atoms with Gasteiger partial charge in [-0.05, 0) is 38.5 Å². The summed E-state index contributed by atoms with van der Waals surface area (Å²) in [6.45, 7) is 4.22. The smallest absolute Gasteiger partial charge is 0.338 e. The van der Waals surface area contributed by atoms with Crippen LogP contribution in [0, 0.1) is 11.8 Å². The number of ketones is 1. The van der Waals surface area contributed by atoms with Crippen molar-refractivity contribution < 1.29 is 29.3 Å². The van der Waals surface area contributed by atoms with Crippen LogP contribution in [0.4, 0.5) is 0 Å². The molecule has 0 aliphatic heterocycles. The summed E-state index contributed by atoms with van der Waals surface area (Å²) in [4.78, 5) is 35.7. The molecule has 1 aromatic carbocycles. The SMILES string of the molecule is C/C=C(/C=O)[C@H]1[C@H](O)[C@H](OC(=O)c2ccccc2)[C@](C)(O)[C@H]1C(C)=O. The fraction of sp³-hybridized carbons (Fsp3) is 0.421. The van der Waals surface area contributed by atoms with Crippen molar-refractivity contribution >= 4 is 18.0 Å². The highest BCUT2D eigenvalue weighted by Gasteiger charge is 2.61. The molecule has 1 aliphatic carbocycles. The maximum atomic E-state index is 12.3. The summed E-state index contributed by atoms with van der Waals surface area (Å²) in [7, 11) is 0. The zero-order valence-electron chi connectivity index (χ0n) is 14.4. The van der Waals surface area contributed by atoms with E-state index in [0.717, 1.165) is 0 Å². The molecule has 0 heterocycles. The molecule has 1 aliphatic rings. The van der Waals surface area contributed by atoms with E-state index < -0.39 is 41.4 Å². The van der Waals surface area contributed by atoms with Gasteiger partial charge in [-0.15, -0.1) is 0 Å². The molecule has 2 N–H and O–H groups in total.